The van der Waals surface area contributed by atoms with Gasteiger partial charge in [0.05, 0.1) is 12.6 Å². The molecule has 1 N–H and O–H groups in total. The summed E-state index contributed by atoms with van der Waals surface area (Å²) in [5, 5.41) is 2.79. The summed E-state index contributed by atoms with van der Waals surface area (Å²) < 4.78 is 23.6. The van der Waals surface area contributed by atoms with E-state index in [2.05, 4.69) is 5.32 Å². The number of rotatable bonds is 4. The van der Waals surface area contributed by atoms with Gasteiger partial charge in [0.2, 0.25) is 0 Å². The maximum Gasteiger partial charge on any atom is 0.407 e. The van der Waals surface area contributed by atoms with Gasteiger partial charge < -0.3 is 14.8 Å². The first kappa shape index (κ1) is 14.8. The van der Waals surface area contributed by atoms with E-state index in [1.807, 2.05) is 26.8 Å². The first-order chi connectivity index (χ1) is 9.33. The number of epoxide rings is 1. The van der Waals surface area contributed by atoms with Crippen molar-refractivity contribution >= 4 is 6.09 Å². The fraction of sp³-hybridized carbons (Fsp3) is 0.533. The summed E-state index contributed by atoms with van der Waals surface area (Å²) in [5.74, 6) is -0.282. The van der Waals surface area contributed by atoms with Gasteiger partial charge in [-0.05, 0) is 44.9 Å². The van der Waals surface area contributed by atoms with Crippen molar-refractivity contribution in [3.8, 4) is 0 Å². The fourth-order valence-corrected chi connectivity index (χ4v) is 1.94. The predicted octanol–water partition coefficient (Wildman–Crippen LogP) is 2.66. The molecule has 2 rings (SSSR count). The molecule has 0 aliphatic carbocycles. The van der Waals surface area contributed by atoms with Crippen molar-refractivity contribution in [3.63, 3.8) is 0 Å². The summed E-state index contributed by atoms with van der Waals surface area (Å²) in [4.78, 5) is 11.8. The van der Waals surface area contributed by atoms with Crippen molar-refractivity contribution in [2.75, 3.05) is 6.61 Å². The molecular weight excluding hydrogens is 261 g/mol. The Morgan fingerprint density at radius 1 is 1.55 bits per heavy atom. The van der Waals surface area contributed by atoms with Crippen LogP contribution in [0.25, 0.3) is 0 Å². The molecule has 0 aromatic heterocycles. The topological polar surface area (TPSA) is 50.9 Å². The van der Waals surface area contributed by atoms with Crippen LogP contribution >= 0.6 is 0 Å². The van der Waals surface area contributed by atoms with Gasteiger partial charge in [0.15, 0.2) is 0 Å². The minimum absolute atomic E-state index is 0.0224. The molecule has 0 bridgehead atoms. The molecule has 1 amide bonds. The number of hydrogen-bond donors (Lipinski definition) is 1. The summed E-state index contributed by atoms with van der Waals surface area (Å²) in [5.41, 5.74) is 0.277. The van der Waals surface area contributed by atoms with Crippen LogP contribution in [0.1, 0.15) is 26.3 Å². The van der Waals surface area contributed by atoms with Crippen molar-refractivity contribution < 1.29 is 18.7 Å². The molecule has 1 aliphatic rings. The standard InChI is InChI=1S/C15H20FNO3/c1-15(2,3)20-14(18)17-12(13-9-19-13)8-10-5-4-6-11(16)7-10/h4-7,12-13H,8-9H2,1-3H3,(H,17,18)/t12-,13+/m0/s1. The molecule has 0 unspecified atom stereocenters. The Balaban J connectivity index is 1.96. The van der Waals surface area contributed by atoms with Gasteiger partial charge in [-0.25, -0.2) is 9.18 Å². The quantitative estimate of drug-likeness (QED) is 0.863. The lowest BCUT2D eigenvalue weighted by molar-refractivity contribution is 0.0495. The fourth-order valence-electron chi connectivity index (χ4n) is 1.94. The van der Waals surface area contributed by atoms with Crippen LogP contribution < -0.4 is 5.32 Å². The minimum Gasteiger partial charge on any atom is -0.444 e. The molecule has 4 nitrogen and oxygen atoms in total. The zero-order chi connectivity index (χ0) is 14.8. The SMILES string of the molecule is CC(C)(C)OC(=O)N[C@@H](Cc1cccc(F)c1)[C@H]1CO1. The van der Waals surface area contributed by atoms with E-state index in [0.717, 1.165) is 5.56 Å². The van der Waals surface area contributed by atoms with E-state index < -0.39 is 11.7 Å². The summed E-state index contributed by atoms with van der Waals surface area (Å²) in [6, 6.07) is 6.14. The van der Waals surface area contributed by atoms with E-state index in [-0.39, 0.29) is 18.0 Å². The second kappa shape index (κ2) is 5.79. The van der Waals surface area contributed by atoms with Gasteiger partial charge in [-0.15, -0.1) is 0 Å². The third kappa shape index (κ3) is 4.81. The molecule has 2 atom stereocenters. The average molecular weight is 281 g/mol. The number of benzene rings is 1. The van der Waals surface area contributed by atoms with Crippen LogP contribution in [0.5, 0.6) is 0 Å². The molecule has 5 heteroatoms. The first-order valence-corrected chi connectivity index (χ1v) is 6.69. The Labute approximate surface area is 118 Å². The number of carbonyl (C=O) groups excluding carboxylic acids is 1. The van der Waals surface area contributed by atoms with Crippen LogP contribution in [0, 0.1) is 5.82 Å². The van der Waals surface area contributed by atoms with Crippen LogP contribution in [-0.2, 0) is 15.9 Å². The van der Waals surface area contributed by atoms with Gasteiger partial charge in [-0.2, -0.15) is 0 Å². The molecule has 1 aromatic carbocycles. The molecule has 0 saturated carbocycles. The van der Waals surface area contributed by atoms with E-state index in [0.29, 0.717) is 13.0 Å². The lowest BCUT2D eigenvalue weighted by Crippen LogP contribution is -2.43. The molecule has 1 aliphatic heterocycles. The van der Waals surface area contributed by atoms with Crippen molar-refractivity contribution in [2.45, 2.75) is 44.9 Å². The van der Waals surface area contributed by atoms with Gasteiger partial charge in [-0.3, -0.25) is 0 Å². The van der Waals surface area contributed by atoms with E-state index in [1.54, 1.807) is 6.07 Å². The highest BCUT2D eigenvalue weighted by Gasteiger charge is 2.34. The largest absolute Gasteiger partial charge is 0.444 e. The number of halogens is 1. The zero-order valence-electron chi connectivity index (χ0n) is 12.0. The molecule has 20 heavy (non-hydrogen) atoms. The molecule has 1 aromatic rings. The smallest absolute Gasteiger partial charge is 0.407 e. The minimum atomic E-state index is -0.544. The van der Waals surface area contributed by atoms with Crippen LogP contribution in [0.2, 0.25) is 0 Å². The predicted molar refractivity (Wildman–Crippen MR) is 73.0 cm³/mol. The normalized spacial score (nSPS) is 19.3. The highest BCUT2D eigenvalue weighted by molar-refractivity contribution is 5.68. The van der Waals surface area contributed by atoms with Crippen LogP contribution in [0.3, 0.4) is 0 Å². The van der Waals surface area contributed by atoms with Gasteiger partial charge in [0.1, 0.15) is 17.5 Å². The highest BCUT2D eigenvalue weighted by Crippen LogP contribution is 2.19. The van der Waals surface area contributed by atoms with Gasteiger partial charge in [-0.1, -0.05) is 12.1 Å². The van der Waals surface area contributed by atoms with E-state index in [1.165, 1.54) is 12.1 Å². The van der Waals surface area contributed by atoms with Crippen LogP contribution in [0.4, 0.5) is 9.18 Å². The van der Waals surface area contributed by atoms with Crippen LogP contribution in [0.15, 0.2) is 24.3 Å². The lowest BCUT2D eigenvalue weighted by Gasteiger charge is -2.23. The molecule has 1 fully saturated rings. The summed E-state index contributed by atoms with van der Waals surface area (Å²) in [6.45, 7) is 6.03. The van der Waals surface area contributed by atoms with E-state index in [4.69, 9.17) is 9.47 Å². The van der Waals surface area contributed by atoms with Crippen molar-refractivity contribution in [3.05, 3.63) is 35.6 Å². The number of alkyl carbamates (subject to hydrolysis) is 1. The second-order valence-electron chi connectivity index (χ2n) is 5.96. The maximum absolute atomic E-state index is 13.2. The number of ether oxygens (including phenoxy) is 2. The Hall–Kier alpha value is -1.62. The third-order valence-corrected chi connectivity index (χ3v) is 2.85. The Kier molecular flexibility index (Phi) is 4.28. The molecule has 1 heterocycles. The van der Waals surface area contributed by atoms with Crippen molar-refractivity contribution in [2.24, 2.45) is 0 Å². The van der Waals surface area contributed by atoms with Crippen molar-refractivity contribution in [1.29, 1.82) is 0 Å². The summed E-state index contributed by atoms with van der Waals surface area (Å²) in [7, 11) is 0. The molecule has 1 saturated heterocycles. The van der Waals surface area contributed by atoms with E-state index >= 15 is 0 Å². The zero-order valence-corrected chi connectivity index (χ0v) is 12.0. The number of hydrogen-bond acceptors (Lipinski definition) is 3. The maximum atomic E-state index is 13.2. The third-order valence-electron chi connectivity index (χ3n) is 2.85. The summed E-state index contributed by atoms with van der Waals surface area (Å²) in [6.07, 6.45) is 0.0157. The van der Waals surface area contributed by atoms with Crippen LogP contribution in [-0.4, -0.2) is 30.4 Å². The van der Waals surface area contributed by atoms with Gasteiger partial charge in [0.25, 0.3) is 0 Å². The summed E-state index contributed by atoms with van der Waals surface area (Å²) >= 11 is 0. The molecule has 0 spiro atoms. The lowest BCUT2D eigenvalue weighted by atomic mass is 10.0. The average Bonchev–Trinajstić information content (AvgIpc) is 3.09. The first-order valence-electron chi connectivity index (χ1n) is 6.69. The molecule has 0 radical (unpaired) electrons. The number of nitrogens with one attached hydrogen (secondary N) is 1. The number of amides is 1. The Morgan fingerprint density at radius 2 is 2.25 bits per heavy atom. The Morgan fingerprint density at radius 3 is 2.80 bits per heavy atom. The highest BCUT2D eigenvalue weighted by atomic mass is 19.1. The Bertz CT molecular complexity index is 480. The van der Waals surface area contributed by atoms with E-state index in [9.17, 15) is 9.18 Å². The second-order valence-corrected chi connectivity index (χ2v) is 5.96. The van der Waals surface area contributed by atoms with Gasteiger partial charge in [0, 0.05) is 0 Å². The molecular formula is C15H20FNO3. The monoisotopic (exact) mass is 281 g/mol. The number of carbonyl (C=O) groups is 1. The molecule has 110 valence electrons. The van der Waals surface area contributed by atoms with Crippen molar-refractivity contribution in [1.82, 2.24) is 5.32 Å². The van der Waals surface area contributed by atoms with Gasteiger partial charge >= 0.3 is 6.09 Å².